The number of thiazole rings is 1. The third kappa shape index (κ3) is 5.46. The molecule has 10 heteroatoms. The van der Waals surface area contributed by atoms with Gasteiger partial charge in [0.25, 0.3) is 5.91 Å². The van der Waals surface area contributed by atoms with Crippen molar-refractivity contribution < 1.29 is 22.7 Å². The third-order valence-corrected chi connectivity index (χ3v) is 5.14. The standard InChI is InChI=1S/C18H13BrF3N3O2S/c1-10-8-12(4-7-14(10)19)23-16(26)15-9-28-17(25-15)24-11-2-5-13(6-3-11)27-18(20,21)22/h2-9H,1H3,(H,23,26)(H,24,25). The number of carbonyl (C=O) groups is 1. The molecule has 0 aliphatic carbocycles. The number of anilines is 3. The molecule has 0 saturated carbocycles. The van der Waals surface area contributed by atoms with Crippen LogP contribution >= 0.6 is 27.3 Å². The second-order valence-corrected chi connectivity index (χ2v) is 7.37. The van der Waals surface area contributed by atoms with E-state index >= 15 is 0 Å². The Kier molecular flexibility index (Phi) is 5.90. The Labute approximate surface area is 170 Å². The predicted molar refractivity (Wildman–Crippen MR) is 105 cm³/mol. The van der Waals surface area contributed by atoms with E-state index < -0.39 is 6.36 Å². The molecule has 0 aliphatic heterocycles. The van der Waals surface area contributed by atoms with Crippen LogP contribution in [0.2, 0.25) is 0 Å². The fraction of sp³-hybridized carbons (Fsp3) is 0.111. The minimum absolute atomic E-state index is 0.227. The molecular weight excluding hydrogens is 459 g/mol. The van der Waals surface area contributed by atoms with E-state index in [0.29, 0.717) is 16.5 Å². The molecule has 0 aliphatic rings. The molecule has 0 atom stereocenters. The van der Waals surface area contributed by atoms with Gasteiger partial charge in [0.05, 0.1) is 0 Å². The molecule has 28 heavy (non-hydrogen) atoms. The normalized spacial score (nSPS) is 11.2. The average molecular weight is 472 g/mol. The van der Waals surface area contributed by atoms with Crippen LogP contribution in [0, 0.1) is 6.92 Å². The summed E-state index contributed by atoms with van der Waals surface area (Å²) in [6, 6.07) is 10.7. The lowest BCUT2D eigenvalue weighted by Gasteiger charge is -2.09. The number of carbonyl (C=O) groups excluding carboxylic acids is 1. The van der Waals surface area contributed by atoms with Crippen LogP contribution in [0.25, 0.3) is 0 Å². The van der Waals surface area contributed by atoms with Crippen molar-refractivity contribution in [1.29, 1.82) is 0 Å². The van der Waals surface area contributed by atoms with Crippen LogP contribution in [0.1, 0.15) is 16.1 Å². The summed E-state index contributed by atoms with van der Waals surface area (Å²) in [7, 11) is 0. The van der Waals surface area contributed by atoms with Crippen LogP contribution in [0.3, 0.4) is 0 Å². The molecule has 0 radical (unpaired) electrons. The number of nitrogens with zero attached hydrogens (tertiary/aromatic N) is 1. The molecule has 0 bridgehead atoms. The molecule has 0 saturated heterocycles. The van der Waals surface area contributed by atoms with Gasteiger partial charge in [-0.3, -0.25) is 4.79 Å². The summed E-state index contributed by atoms with van der Waals surface area (Å²) < 4.78 is 41.3. The highest BCUT2D eigenvalue weighted by molar-refractivity contribution is 9.10. The molecule has 0 spiro atoms. The van der Waals surface area contributed by atoms with E-state index in [0.717, 1.165) is 10.0 Å². The SMILES string of the molecule is Cc1cc(NC(=O)c2csc(Nc3ccc(OC(F)(F)F)cc3)n2)ccc1Br. The Morgan fingerprint density at radius 2 is 1.82 bits per heavy atom. The van der Waals surface area contributed by atoms with E-state index in [9.17, 15) is 18.0 Å². The number of hydrogen-bond donors (Lipinski definition) is 2. The smallest absolute Gasteiger partial charge is 0.406 e. The highest BCUT2D eigenvalue weighted by atomic mass is 79.9. The zero-order valence-electron chi connectivity index (χ0n) is 14.3. The third-order valence-electron chi connectivity index (χ3n) is 3.49. The van der Waals surface area contributed by atoms with Gasteiger partial charge in [-0.2, -0.15) is 0 Å². The second-order valence-electron chi connectivity index (χ2n) is 5.65. The lowest BCUT2D eigenvalue weighted by molar-refractivity contribution is -0.274. The number of rotatable bonds is 5. The summed E-state index contributed by atoms with van der Waals surface area (Å²) in [5, 5.41) is 7.72. The molecule has 0 fully saturated rings. The maximum absolute atomic E-state index is 12.3. The van der Waals surface area contributed by atoms with Crippen molar-refractivity contribution in [2.45, 2.75) is 13.3 Å². The maximum Gasteiger partial charge on any atom is 0.573 e. The van der Waals surface area contributed by atoms with Gasteiger partial charge in [0.15, 0.2) is 5.13 Å². The van der Waals surface area contributed by atoms with Crippen LogP contribution < -0.4 is 15.4 Å². The summed E-state index contributed by atoms with van der Waals surface area (Å²) in [4.78, 5) is 16.5. The van der Waals surface area contributed by atoms with Crippen molar-refractivity contribution in [2.75, 3.05) is 10.6 Å². The van der Waals surface area contributed by atoms with E-state index in [1.807, 2.05) is 19.1 Å². The van der Waals surface area contributed by atoms with Crippen molar-refractivity contribution in [3.63, 3.8) is 0 Å². The number of nitrogens with one attached hydrogen (secondary N) is 2. The molecule has 2 aromatic carbocycles. The Balaban J connectivity index is 1.63. The lowest BCUT2D eigenvalue weighted by Crippen LogP contribution is -2.16. The van der Waals surface area contributed by atoms with Crippen molar-refractivity contribution in [3.05, 3.63) is 63.6 Å². The van der Waals surface area contributed by atoms with Gasteiger partial charge in [0.1, 0.15) is 11.4 Å². The zero-order valence-corrected chi connectivity index (χ0v) is 16.7. The maximum atomic E-state index is 12.3. The number of aryl methyl sites for hydroxylation is 1. The fourth-order valence-electron chi connectivity index (χ4n) is 2.22. The quantitative estimate of drug-likeness (QED) is 0.471. The fourth-order valence-corrected chi connectivity index (χ4v) is 3.17. The predicted octanol–water partition coefficient (Wildman–Crippen LogP) is 6.11. The average Bonchev–Trinajstić information content (AvgIpc) is 3.07. The number of alkyl halides is 3. The Bertz CT molecular complexity index is 990. The van der Waals surface area contributed by atoms with Crippen molar-refractivity contribution >= 4 is 49.7 Å². The minimum Gasteiger partial charge on any atom is -0.406 e. The van der Waals surface area contributed by atoms with Crippen LogP contribution in [0.15, 0.2) is 52.3 Å². The van der Waals surface area contributed by atoms with Gasteiger partial charge < -0.3 is 15.4 Å². The van der Waals surface area contributed by atoms with E-state index in [1.54, 1.807) is 11.4 Å². The largest absolute Gasteiger partial charge is 0.573 e. The molecule has 1 amide bonds. The van der Waals surface area contributed by atoms with Gasteiger partial charge in [-0.05, 0) is 55.0 Å². The number of benzene rings is 2. The highest BCUT2D eigenvalue weighted by Crippen LogP contribution is 2.27. The van der Waals surface area contributed by atoms with E-state index in [4.69, 9.17) is 0 Å². The van der Waals surface area contributed by atoms with Crippen LogP contribution in [-0.4, -0.2) is 17.3 Å². The minimum atomic E-state index is -4.74. The van der Waals surface area contributed by atoms with E-state index in [-0.39, 0.29) is 17.4 Å². The molecule has 1 heterocycles. The Hall–Kier alpha value is -2.59. The first kappa shape index (κ1) is 20.2. The number of amides is 1. The molecule has 3 aromatic rings. The van der Waals surface area contributed by atoms with Crippen LogP contribution in [0.4, 0.5) is 29.7 Å². The molecule has 146 valence electrons. The van der Waals surface area contributed by atoms with Crippen molar-refractivity contribution in [3.8, 4) is 5.75 Å². The Morgan fingerprint density at radius 3 is 2.46 bits per heavy atom. The van der Waals surface area contributed by atoms with Crippen molar-refractivity contribution in [2.24, 2.45) is 0 Å². The first-order valence-electron chi connectivity index (χ1n) is 7.85. The summed E-state index contributed by atoms with van der Waals surface area (Å²) in [5.41, 5.74) is 2.37. The molecule has 1 aromatic heterocycles. The number of aromatic nitrogens is 1. The van der Waals surface area contributed by atoms with Gasteiger partial charge in [0, 0.05) is 21.2 Å². The monoisotopic (exact) mass is 471 g/mol. The summed E-state index contributed by atoms with van der Waals surface area (Å²) in [5.74, 6) is -0.679. The second kappa shape index (κ2) is 8.19. The summed E-state index contributed by atoms with van der Waals surface area (Å²) in [6.45, 7) is 1.91. The molecule has 5 nitrogen and oxygen atoms in total. The number of halogens is 4. The lowest BCUT2D eigenvalue weighted by atomic mass is 10.2. The van der Waals surface area contributed by atoms with E-state index in [1.165, 1.54) is 35.6 Å². The molecule has 3 rings (SSSR count). The molecule has 2 N–H and O–H groups in total. The van der Waals surface area contributed by atoms with Crippen LogP contribution in [-0.2, 0) is 0 Å². The van der Waals surface area contributed by atoms with Gasteiger partial charge in [-0.15, -0.1) is 24.5 Å². The van der Waals surface area contributed by atoms with Crippen LogP contribution in [0.5, 0.6) is 5.75 Å². The number of ether oxygens (including phenoxy) is 1. The van der Waals surface area contributed by atoms with E-state index in [2.05, 4.69) is 36.3 Å². The van der Waals surface area contributed by atoms with Gasteiger partial charge >= 0.3 is 6.36 Å². The molecule has 0 unspecified atom stereocenters. The number of hydrogen-bond acceptors (Lipinski definition) is 5. The van der Waals surface area contributed by atoms with Gasteiger partial charge in [-0.1, -0.05) is 15.9 Å². The highest BCUT2D eigenvalue weighted by Gasteiger charge is 2.30. The first-order valence-corrected chi connectivity index (χ1v) is 9.53. The van der Waals surface area contributed by atoms with Gasteiger partial charge in [0.2, 0.25) is 0 Å². The molecular formula is C18H13BrF3N3O2S. The summed E-state index contributed by atoms with van der Waals surface area (Å²) >= 11 is 4.60. The first-order chi connectivity index (χ1) is 13.2. The van der Waals surface area contributed by atoms with Gasteiger partial charge in [-0.25, -0.2) is 4.98 Å². The van der Waals surface area contributed by atoms with Crippen molar-refractivity contribution in [1.82, 2.24) is 4.98 Å². The topological polar surface area (TPSA) is 63.2 Å². The Morgan fingerprint density at radius 1 is 1.14 bits per heavy atom. The zero-order chi connectivity index (χ0) is 20.3. The summed E-state index contributed by atoms with van der Waals surface area (Å²) in [6.07, 6.45) is -4.74.